The zero-order valence-electron chi connectivity index (χ0n) is 14.0. The molecule has 5 nitrogen and oxygen atoms in total. The van der Waals surface area contributed by atoms with Crippen molar-refractivity contribution in [1.29, 1.82) is 0 Å². The summed E-state index contributed by atoms with van der Waals surface area (Å²) in [6.45, 7) is 1.35. The fourth-order valence-corrected chi connectivity index (χ4v) is 3.71. The first-order chi connectivity index (χ1) is 12.2. The van der Waals surface area contributed by atoms with Crippen molar-refractivity contribution in [3.63, 3.8) is 0 Å². The second kappa shape index (κ2) is 6.59. The Labute approximate surface area is 145 Å². The highest BCUT2D eigenvalue weighted by molar-refractivity contribution is 5.79. The van der Waals surface area contributed by atoms with Crippen LogP contribution in [0.2, 0.25) is 0 Å². The summed E-state index contributed by atoms with van der Waals surface area (Å²) < 4.78 is 1.82. The predicted molar refractivity (Wildman–Crippen MR) is 97.6 cm³/mol. The number of aromatic amines is 1. The van der Waals surface area contributed by atoms with Crippen LogP contribution in [0.3, 0.4) is 0 Å². The normalized spacial score (nSPS) is 17.8. The third-order valence-corrected chi connectivity index (χ3v) is 4.94. The first-order valence-electron chi connectivity index (χ1n) is 8.73. The summed E-state index contributed by atoms with van der Waals surface area (Å²) in [5, 5.41) is 0. The van der Waals surface area contributed by atoms with Gasteiger partial charge in [-0.3, -0.25) is 9.36 Å². The molecule has 1 N–H and O–H groups in total. The van der Waals surface area contributed by atoms with Crippen LogP contribution in [0.4, 0.5) is 0 Å². The maximum absolute atomic E-state index is 12.7. The Morgan fingerprint density at radius 3 is 2.68 bits per heavy atom. The molecule has 2 aromatic carbocycles. The molecular formula is C20H21N3O2. The number of benzene rings is 2. The lowest BCUT2D eigenvalue weighted by molar-refractivity contribution is -0.132. The van der Waals surface area contributed by atoms with Gasteiger partial charge in [0.1, 0.15) is 0 Å². The number of hydrogen-bond acceptors (Lipinski definition) is 2. The monoisotopic (exact) mass is 335 g/mol. The van der Waals surface area contributed by atoms with E-state index >= 15 is 0 Å². The highest BCUT2D eigenvalue weighted by Crippen LogP contribution is 2.24. The molecule has 128 valence electrons. The molecule has 4 rings (SSSR count). The van der Waals surface area contributed by atoms with Gasteiger partial charge < -0.3 is 9.88 Å². The summed E-state index contributed by atoms with van der Waals surface area (Å²) in [4.78, 5) is 29.9. The average Bonchev–Trinajstić information content (AvgIpc) is 2.98. The molecule has 5 heteroatoms. The van der Waals surface area contributed by atoms with Crippen molar-refractivity contribution in [3.05, 3.63) is 70.6 Å². The molecule has 1 atom stereocenters. The van der Waals surface area contributed by atoms with E-state index in [-0.39, 0.29) is 17.6 Å². The van der Waals surface area contributed by atoms with Gasteiger partial charge in [0.05, 0.1) is 23.5 Å². The van der Waals surface area contributed by atoms with Gasteiger partial charge in [-0.1, -0.05) is 42.5 Å². The van der Waals surface area contributed by atoms with Crippen molar-refractivity contribution in [2.75, 3.05) is 13.1 Å². The topological polar surface area (TPSA) is 58.1 Å². The predicted octanol–water partition coefficient (Wildman–Crippen LogP) is 2.74. The van der Waals surface area contributed by atoms with Crippen molar-refractivity contribution in [3.8, 4) is 0 Å². The van der Waals surface area contributed by atoms with Gasteiger partial charge in [-0.05, 0) is 30.5 Å². The van der Waals surface area contributed by atoms with E-state index in [0.717, 1.165) is 36.0 Å². The van der Waals surface area contributed by atoms with E-state index in [9.17, 15) is 9.59 Å². The lowest BCUT2D eigenvalue weighted by Gasteiger charge is -2.33. The van der Waals surface area contributed by atoms with E-state index in [1.54, 1.807) is 0 Å². The van der Waals surface area contributed by atoms with Crippen LogP contribution >= 0.6 is 0 Å². The van der Waals surface area contributed by atoms with E-state index in [1.165, 1.54) is 0 Å². The largest absolute Gasteiger partial charge is 0.340 e. The van der Waals surface area contributed by atoms with Gasteiger partial charge in [0, 0.05) is 13.1 Å². The Balaban J connectivity index is 1.55. The van der Waals surface area contributed by atoms with Gasteiger partial charge in [-0.25, -0.2) is 4.79 Å². The van der Waals surface area contributed by atoms with Crippen molar-refractivity contribution >= 4 is 16.9 Å². The summed E-state index contributed by atoms with van der Waals surface area (Å²) in [7, 11) is 0. The molecule has 0 unspecified atom stereocenters. The number of imidazole rings is 1. The molecular weight excluding hydrogens is 314 g/mol. The maximum Gasteiger partial charge on any atom is 0.326 e. The average molecular weight is 335 g/mol. The van der Waals surface area contributed by atoms with E-state index < -0.39 is 0 Å². The van der Waals surface area contributed by atoms with Crippen LogP contribution in [0.25, 0.3) is 11.0 Å². The van der Waals surface area contributed by atoms with Crippen molar-refractivity contribution in [1.82, 2.24) is 14.5 Å². The Hall–Kier alpha value is -2.82. The number of likely N-dealkylation sites (tertiary alicyclic amines) is 1. The number of carbonyl (C=O) groups is 1. The number of fused-ring (bicyclic) bond motifs is 1. The summed E-state index contributed by atoms with van der Waals surface area (Å²) >= 11 is 0. The Morgan fingerprint density at radius 1 is 1.08 bits per heavy atom. The van der Waals surface area contributed by atoms with Crippen LogP contribution in [0.1, 0.15) is 24.4 Å². The third kappa shape index (κ3) is 3.09. The van der Waals surface area contributed by atoms with E-state index in [1.807, 2.05) is 64.1 Å². The molecule has 0 spiro atoms. The summed E-state index contributed by atoms with van der Waals surface area (Å²) in [5.41, 5.74) is 2.69. The van der Waals surface area contributed by atoms with Crippen molar-refractivity contribution < 1.29 is 4.79 Å². The number of aromatic nitrogens is 2. The number of amides is 1. The number of H-pyrrole nitrogens is 1. The minimum absolute atomic E-state index is 0.0251. The fourth-order valence-electron chi connectivity index (χ4n) is 3.71. The molecule has 1 aliphatic heterocycles. The zero-order valence-corrected chi connectivity index (χ0v) is 14.0. The minimum Gasteiger partial charge on any atom is -0.340 e. The van der Waals surface area contributed by atoms with E-state index in [0.29, 0.717) is 13.0 Å². The molecule has 25 heavy (non-hydrogen) atoms. The number of piperidine rings is 1. The SMILES string of the molecule is O=C(Cc1ccccc1)N1CCC[C@H](n2c(=O)[nH]c3ccccc32)C1. The van der Waals surface area contributed by atoms with Gasteiger partial charge in [-0.2, -0.15) is 0 Å². The molecule has 0 saturated carbocycles. The smallest absolute Gasteiger partial charge is 0.326 e. The third-order valence-electron chi connectivity index (χ3n) is 4.94. The number of para-hydroxylation sites is 2. The number of hydrogen-bond donors (Lipinski definition) is 1. The highest BCUT2D eigenvalue weighted by Gasteiger charge is 2.26. The Kier molecular flexibility index (Phi) is 4.14. The Morgan fingerprint density at radius 2 is 1.84 bits per heavy atom. The Bertz CT molecular complexity index is 942. The first-order valence-corrected chi connectivity index (χ1v) is 8.73. The maximum atomic E-state index is 12.7. The van der Waals surface area contributed by atoms with Crippen molar-refractivity contribution in [2.45, 2.75) is 25.3 Å². The molecule has 2 heterocycles. The van der Waals surface area contributed by atoms with E-state index in [4.69, 9.17) is 0 Å². The van der Waals surface area contributed by atoms with Crippen LogP contribution in [0.5, 0.6) is 0 Å². The van der Waals surface area contributed by atoms with Gasteiger partial charge in [0.2, 0.25) is 5.91 Å². The first kappa shape index (κ1) is 15.7. The molecule has 0 aliphatic carbocycles. The summed E-state index contributed by atoms with van der Waals surface area (Å²) in [5.74, 6) is 0.129. The van der Waals surface area contributed by atoms with Crippen LogP contribution in [-0.4, -0.2) is 33.4 Å². The lowest BCUT2D eigenvalue weighted by Crippen LogP contribution is -2.43. The van der Waals surface area contributed by atoms with Gasteiger partial charge >= 0.3 is 5.69 Å². The summed E-state index contributed by atoms with van der Waals surface area (Å²) in [6, 6.07) is 17.6. The van der Waals surface area contributed by atoms with Crippen LogP contribution < -0.4 is 5.69 Å². The van der Waals surface area contributed by atoms with Crippen molar-refractivity contribution in [2.24, 2.45) is 0 Å². The molecule has 1 aliphatic rings. The van der Waals surface area contributed by atoms with Crippen LogP contribution in [-0.2, 0) is 11.2 Å². The molecule has 1 aromatic heterocycles. The fraction of sp³-hybridized carbons (Fsp3) is 0.300. The van der Waals surface area contributed by atoms with E-state index in [2.05, 4.69) is 4.98 Å². The number of nitrogens with zero attached hydrogens (tertiary/aromatic N) is 2. The number of carbonyl (C=O) groups excluding carboxylic acids is 1. The molecule has 3 aromatic rings. The standard InChI is InChI=1S/C20H21N3O2/c24-19(13-15-7-2-1-3-8-15)22-12-6-9-16(14-22)23-18-11-5-4-10-17(18)21-20(23)25/h1-5,7-8,10-11,16H,6,9,12-14H2,(H,21,25)/t16-/m0/s1. The van der Waals surface area contributed by atoms with Crippen LogP contribution in [0, 0.1) is 0 Å². The number of nitrogens with one attached hydrogen (secondary N) is 1. The highest BCUT2D eigenvalue weighted by atomic mass is 16.2. The molecule has 1 amide bonds. The van der Waals surface area contributed by atoms with Crippen LogP contribution in [0.15, 0.2) is 59.4 Å². The lowest BCUT2D eigenvalue weighted by atomic mass is 10.0. The zero-order chi connectivity index (χ0) is 17.2. The molecule has 1 fully saturated rings. The molecule has 0 bridgehead atoms. The second-order valence-electron chi connectivity index (χ2n) is 6.62. The number of rotatable bonds is 3. The molecule has 0 radical (unpaired) electrons. The van der Waals surface area contributed by atoms with Gasteiger partial charge in [0.25, 0.3) is 0 Å². The minimum atomic E-state index is -0.0939. The quantitative estimate of drug-likeness (QED) is 0.800. The van der Waals surface area contributed by atoms with Gasteiger partial charge in [-0.15, -0.1) is 0 Å². The van der Waals surface area contributed by atoms with Gasteiger partial charge in [0.15, 0.2) is 0 Å². The molecule has 1 saturated heterocycles. The summed E-state index contributed by atoms with van der Waals surface area (Å²) in [6.07, 6.45) is 2.24. The second-order valence-corrected chi connectivity index (χ2v) is 6.62.